The topological polar surface area (TPSA) is 3.24 Å². The summed E-state index contributed by atoms with van der Waals surface area (Å²) >= 11 is 1.94. The fourth-order valence-electron chi connectivity index (χ4n) is 10.4. The number of anilines is 3. The first-order valence-electron chi connectivity index (χ1n) is 19.1. The first-order chi connectivity index (χ1) is 26.3. The van der Waals surface area contributed by atoms with E-state index in [4.69, 9.17) is 0 Å². The van der Waals surface area contributed by atoms with Crippen molar-refractivity contribution in [3.63, 3.8) is 0 Å². The molecule has 0 aliphatic heterocycles. The summed E-state index contributed by atoms with van der Waals surface area (Å²) in [6.45, 7) is 9.53. The van der Waals surface area contributed by atoms with Crippen LogP contribution >= 0.6 is 11.3 Å². The normalized spacial score (nSPS) is 15.0. The number of thiophene rings is 1. The second-order valence-corrected chi connectivity index (χ2v) is 17.5. The van der Waals surface area contributed by atoms with E-state index >= 15 is 0 Å². The summed E-state index contributed by atoms with van der Waals surface area (Å²) in [5, 5.41) is 5.60. The SMILES string of the molecule is CC1(C)c2ccccc2-c2ccc(N(c3ccccc3)c3ccc(-c4cc5sc6cccc7c6c5c5c6c(ccc45)C(C)(C)c4cccc-7c4-6)cc3)cc21. The third-order valence-corrected chi connectivity index (χ3v) is 14.1. The fraction of sp³-hybridized carbons (Fsp3) is 0.115. The summed E-state index contributed by atoms with van der Waals surface area (Å²) in [5.74, 6) is 0. The predicted octanol–water partition coefficient (Wildman–Crippen LogP) is 14.9. The van der Waals surface area contributed by atoms with Gasteiger partial charge in [-0.15, -0.1) is 11.3 Å². The van der Waals surface area contributed by atoms with E-state index in [1.807, 2.05) is 11.3 Å². The monoisotopic (exact) mass is 707 g/mol. The lowest BCUT2D eigenvalue weighted by molar-refractivity contribution is 0.660. The molecule has 0 atom stereocenters. The summed E-state index contributed by atoms with van der Waals surface area (Å²) in [4.78, 5) is 2.41. The molecule has 0 amide bonds. The van der Waals surface area contributed by atoms with Gasteiger partial charge in [0.05, 0.1) is 0 Å². The first-order valence-corrected chi connectivity index (χ1v) is 19.9. The Morgan fingerprint density at radius 3 is 1.89 bits per heavy atom. The van der Waals surface area contributed by atoms with Crippen LogP contribution in [0.2, 0.25) is 0 Å². The van der Waals surface area contributed by atoms with Crippen LogP contribution < -0.4 is 4.90 Å². The molecule has 3 aliphatic carbocycles. The van der Waals surface area contributed by atoms with Gasteiger partial charge in [0, 0.05) is 48.1 Å². The van der Waals surface area contributed by atoms with E-state index in [9.17, 15) is 0 Å². The lowest BCUT2D eigenvalue weighted by Crippen LogP contribution is -2.16. The highest BCUT2D eigenvalue weighted by Gasteiger charge is 2.40. The number of para-hydroxylation sites is 1. The highest BCUT2D eigenvalue weighted by atomic mass is 32.1. The fourth-order valence-corrected chi connectivity index (χ4v) is 11.6. The minimum Gasteiger partial charge on any atom is -0.310 e. The molecule has 0 radical (unpaired) electrons. The molecule has 12 rings (SSSR count). The number of fused-ring (bicyclic) bond motifs is 4. The third kappa shape index (κ3) is 3.79. The molecule has 8 aromatic carbocycles. The summed E-state index contributed by atoms with van der Waals surface area (Å²) in [7, 11) is 0. The van der Waals surface area contributed by atoms with Crippen molar-refractivity contribution < 1.29 is 0 Å². The van der Waals surface area contributed by atoms with Gasteiger partial charge in [0.1, 0.15) is 0 Å². The van der Waals surface area contributed by atoms with Gasteiger partial charge in [0.2, 0.25) is 0 Å². The van der Waals surface area contributed by atoms with Crippen molar-refractivity contribution >= 4 is 59.3 Å². The van der Waals surface area contributed by atoms with Gasteiger partial charge in [-0.2, -0.15) is 0 Å². The van der Waals surface area contributed by atoms with Crippen LogP contribution in [0.4, 0.5) is 17.1 Å². The highest BCUT2D eigenvalue weighted by molar-refractivity contribution is 7.26. The van der Waals surface area contributed by atoms with Crippen molar-refractivity contribution in [2.45, 2.75) is 38.5 Å². The molecule has 1 heterocycles. The Morgan fingerprint density at radius 2 is 1.04 bits per heavy atom. The molecule has 0 saturated heterocycles. The lowest BCUT2D eigenvalue weighted by atomic mass is 9.80. The maximum absolute atomic E-state index is 2.47. The highest BCUT2D eigenvalue weighted by Crippen LogP contribution is 2.60. The number of rotatable bonds is 4. The molecular weight excluding hydrogens is 671 g/mol. The Labute approximate surface area is 319 Å². The van der Waals surface area contributed by atoms with E-state index in [0.29, 0.717) is 0 Å². The molecule has 0 bridgehead atoms. The van der Waals surface area contributed by atoms with E-state index in [2.05, 4.69) is 184 Å². The first kappa shape index (κ1) is 30.5. The number of hydrogen-bond acceptors (Lipinski definition) is 2. The number of benzene rings is 8. The molecule has 0 fully saturated rings. The van der Waals surface area contributed by atoms with Crippen molar-refractivity contribution in [3.8, 4) is 44.5 Å². The van der Waals surface area contributed by atoms with Crippen LogP contribution in [0.5, 0.6) is 0 Å². The van der Waals surface area contributed by atoms with Crippen molar-refractivity contribution in [3.05, 3.63) is 174 Å². The molecule has 0 unspecified atom stereocenters. The van der Waals surface area contributed by atoms with Crippen LogP contribution in [0, 0.1) is 0 Å². The van der Waals surface area contributed by atoms with Gasteiger partial charge in [-0.1, -0.05) is 131 Å². The zero-order chi connectivity index (χ0) is 36.1. The number of nitrogens with zero attached hydrogens (tertiary/aromatic N) is 1. The van der Waals surface area contributed by atoms with E-state index in [1.54, 1.807) is 0 Å². The van der Waals surface area contributed by atoms with E-state index in [0.717, 1.165) is 11.4 Å². The second-order valence-electron chi connectivity index (χ2n) is 16.5. The average molecular weight is 708 g/mol. The third-order valence-electron chi connectivity index (χ3n) is 13.0. The van der Waals surface area contributed by atoms with Crippen molar-refractivity contribution in [2.75, 3.05) is 4.90 Å². The standard InChI is InChI=1S/C52H37NS/c1-51(2)40-17-9-8-14-34(40)35-25-24-33(28-43(35)51)53(31-12-6-5-7-13-31)32-22-20-30(21-23-32)39-29-45-50-47-37(16-11-19-44(47)54-45)36-15-10-18-41-46(36)49-42(52(41,3)4)27-26-38(39)48(49)50/h5-29H,1-4H3. The van der Waals surface area contributed by atoms with Gasteiger partial charge in [-0.05, 0) is 126 Å². The zero-order valence-corrected chi connectivity index (χ0v) is 31.6. The van der Waals surface area contributed by atoms with Gasteiger partial charge in [0.25, 0.3) is 0 Å². The van der Waals surface area contributed by atoms with Gasteiger partial charge in [-0.3, -0.25) is 0 Å². The summed E-state index contributed by atoms with van der Waals surface area (Å²) < 4.78 is 2.73. The summed E-state index contributed by atoms with van der Waals surface area (Å²) in [6, 6.07) is 57.3. The van der Waals surface area contributed by atoms with E-state index < -0.39 is 0 Å². The number of hydrogen-bond donors (Lipinski definition) is 0. The molecular formula is C52H37NS. The van der Waals surface area contributed by atoms with Crippen molar-refractivity contribution in [2.24, 2.45) is 0 Å². The Kier molecular flexibility index (Phi) is 5.86. The second kappa shape index (κ2) is 10.4. The minimum absolute atomic E-state index is 0.0588. The van der Waals surface area contributed by atoms with Gasteiger partial charge >= 0.3 is 0 Å². The molecule has 0 spiro atoms. The maximum Gasteiger partial charge on any atom is 0.0465 e. The Morgan fingerprint density at radius 1 is 0.389 bits per heavy atom. The Balaban J connectivity index is 1.06. The molecule has 54 heavy (non-hydrogen) atoms. The lowest BCUT2D eigenvalue weighted by Gasteiger charge is -2.28. The quantitative estimate of drug-likeness (QED) is 0.176. The van der Waals surface area contributed by atoms with Gasteiger partial charge < -0.3 is 4.90 Å². The van der Waals surface area contributed by atoms with E-state index in [1.165, 1.54) is 103 Å². The van der Waals surface area contributed by atoms with Crippen molar-refractivity contribution in [1.82, 2.24) is 0 Å². The van der Waals surface area contributed by atoms with Gasteiger partial charge in [-0.25, -0.2) is 0 Å². The molecule has 256 valence electrons. The van der Waals surface area contributed by atoms with Crippen LogP contribution in [0.1, 0.15) is 49.9 Å². The Bertz CT molecular complexity index is 3090. The molecule has 0 N–H and O–H groups in total. The van der Waals surface area contributed by atoms with Crippen molar-refractivity contribution in [1.29, 1.82) is 0 Å². The molecule has 0 saturated carbocycles. The van der Waals surface area contributed by atoms with Gasteiger partial charge in [0.15, 0.2) is 0 Å². The van der Waals surface area contributed by atoms with Crippen LogP contribution in [-0.2, 0) is 10.8 Å². The largest absolute Gasteiger partial charge is 0.310 e. The van der Waals surface area contributed by atoms with Crippen LogP contribution in [0.15, 0.2) is 152 Å². The van der Waals surface area contributed by atoms with E-state index in [-0.39, 0.29) is 10.8 Å². The zero-order valence-electron chi connectivity index (χ0n) is 30.8. The smallest absolute Gasteiger partial charge is 0.0465 e. The predicted molar refractivity (Wildman–Crippen MR) is 231 cm³/mol. The molecule has 1 aromatic heterocycles. The molecule has 3 aliphatic rings. The summed E-state index contributed by atoms with van der Waals surface area (Å²) in [6.07, 6.45) is 0. The Hall–Kier alpha value is -5.96. The minimum atomic E-state index is -0.0701. The van der Waals surface area contributed by atoms with Crippen LogP contribution in [-0.4, -0.2) is 0 Å². The molecule has 2 heteroatoms. The average Bonchev–Trinajstić information content (AvgIpc) is 3.74. The maximum atomic E-state index is 2.47. The van der Waals surface area contributed by atoms with Crippen LogP contribution in [0.25, 0.3) is 75.5 Å². The molecule has 9 aromatic rings. The summed E-state index contributed by atoms with van der Waals surface area (Å²) in [5.41, 5.74) is 19.9. The van der Waals surface area contributed by atoms with Crippen LogP contribution in [0.3, 0.4) is 0 Å². The molecule has 1 nitrogen and oxygen atoms in total.